The molecule has 102 valence electrons. The first kappa shape index (κ1) is 16.6. The summed E-state index contributed by atoms with van der Waals surface area (Å²) in [7, 11) is 1.00. The summed E-state index contributed by atoms with van der Waals surface area (Å²) >= 11 is 0. The average molecular weight is 256 g/mol. The third-order valence-electron chi connectivity index (χ3n) is 2.55. The number of halogens is 1. The maximum absolute atomic E-state index is 13.8. The highest BCUT2D eigenvalue weighted by molar-refractivity contribution is 5.70. The Hall–Kier alpha value is -1.42. The van der Waals surface area contributed by atoms with Crippen molar-refractivity contribution in [1.29, 1.82) is 0 Å². The van der Waals surface area contributed by atoms with E-state index in [9.17, 15) is 9.18 Å². The molecule has 2 N–H and O–H groups in total. The molecular weight excluding hydrogens is 235 g/mol. The number of aliphatic hydroxyl groups is 1. The minimum absolute atomic E-state index is 0.243. The second kappa shape index (κ2) is 9.59. The molecule has 4 heteroatoms. The highest BCUT2D eigenvalue weighted by atomic mass is 19.1. The number of unbranched alkanes of at least 4 members (excludes halogenated alkanes) is 2. The van der Waals surface area contributed by atoms with Crippen LogP contribution in [0.25, 0.3) is 0 Å². The van der Waals surface area contributed by atoms with Crippen LogP contribution in [0.4, 0.5) is 4.39 Å². The lowest BCUT2D eigenvalue weighted by molar-refractivity contribution is -0.136. The summed E-state index contributed by atoms with van der Waals surface area (Å²) in [4.78, 5) is 10.5. The standard InChI is InChI=1S/C13H17FO2.CH4O/c1-2-3-4-6-10-7-5-8-11(13(10)14)9-12(15)16;1-2/h5,7-8H,2-4,6,9H2,1H3,(H,15,16);2H,1H3. The SMILES string of the molecule is CCCCCc1cccc(CC(=O)O)c1F.CO. The van der Waals surface area contributed by atoms with Crippen LogP contribution in [-0.4, -0.2) is 23.3 Å². The number of aliphatic hydroxyl groups excluding tert-OH is 1. The van der Waals surface area contributed by atoms with Crippen LogP contribution in [-0.2, 0) is 17.6 Å². The molecular formula is C14H21FO3. The number of hydrogen-bond donors (Lipinski definition) is 2. The lowest BCUT2D eigenvalue weighted by Crippen LogP contribution is -2.04. The predicted molar refractivity (Wildman–Crippen MR) is 69.1 cm³/mol. The van der Waals surface area contributed by atoms with Gasteiger partial charge in [0.1, 0.15) is 5.82 Å². The second-order valence-electron chi connectivity index (χ2n) is 3.92. The van der Waals surface area contributed by atoms with Crippen LogP contribution in [0, 0.1) is 5.82 Å². The van der Waals surface area contributed by atoms with Gasteiger partial charge in [-0.25, -0.2) is 4.39 Å². The monoisotopic (exact) mass is 256 g/mol. The number of rotatable bonds is 6. The van der Waals surface area contributed by atoms with Crippen molar-refractivity contribution in [2.75, 3.05) is 7.11 Å². The van der Waals surface area contributed by atoms with E-state index < -0.39 is 5.97 Å². The highest BCUT2D eigenvalue weighted by Gasteiger charge is 2.10. The lowest BCUT2D eigenvalue weighted by atomic mass is 10.0. The Balaban J connectivity index is 0.00000137. The van der Waals surface area contributed by atoms with Gasteiger partial charge in [-0.2, -0.15) is 0 Å². The molecule has 0 fully saturated rings. The van der Waals surface area contributed by atoms with Crippen molar-refractivity contribution in [1.82, 2.24) is 0 Å². The molecule has 0 saturated carbocycles. The van der Waals surface area contributed by atoms with E-state index in [0.29, 0.717) is 12.0 Å². The molecule has 0 bridgehead atoms. The summed E-state index contributed by atoms with van der Waals surface area (Å²) in [5.74, 6) is -1.34. The van der Waals surface area contributed by atoms with Gasteiger partial charge in [0.2, 0.25) is 0 Å². The topological polar surface area (TPSA) is 57.5 Å². The van der Waals surface area contributed by atoms with E-state index in [2.05, 4.69) is 6.92 Å². The van der Waals surface area contributed by atoms with Gasteiger partial charge in [0, 0.05) is 7.11 Å². The summed E-state index contributed by atoms with van der Waals surface area (Å²) in [6.45, 7) is 2.09. The zero-order valence-corrected chi connectivity index (χ0v) is 10.9. The van der Waals surface area contributed by atoms with Crippen molar-refractivity contribution >= 4 is 5.97 Å². The van der Waals surface area contributed by atoms with E-state index in [1.165, 1.54) is 6.07 Å². The van der Waals surface area contributed by atoms with Crippen molar-refractivity contribution in [2.24, 2.45) is 0 Å². The molecule has 0 aliphatic rings. The minimum atomic E-state index is -0.996. The van der Waals surface area contributed by atoms with Crippen molar-refractivity contribution in [3.05, 3.63) is 35.1 Å². The number of aliphatic carboxylic acids is 1. The number of benzene rings is 1. The van der Waals surface area contributed by atoms with Gasteiger partial charge < -0.3 is 10.2 Å². The van der Waals surface area contributed by atoms with E-state index in [-0.39, 0.29) is 17.8 Å². The van der Waals surface area contributed by atoms with Gasteiger partial charge >= 0.3 is 5.97 Å². The van der Waals surface area contributed by atoms with Gasteiger partial charge in [-0.1, -0.05) is 38.0 Å². The number of hydrogen-bond acceptors (Lipinski definition) is 2. The van der Waals surface area contributed by atoms with Gasteiger partial charge in [0.05, 0.1) is 6.42 Å². The molecule has 1 aromatic rings. The number of carboxylic acids is 1. The van der Waals surface area contributed by atoms with Gasteiger partial charge in [-0.05, 0) is 24.0 Å². The fourth-order valence-electron chi connectivity index (χ4n) is 1.69. The van der Waals surface area contributed by atoms with Crippen molar-refractivity contribution < 1.29 is 19.4 Å². The molecule has 0 saturated heterocycles. The summed E-state index contributed by atoms with van der Waals surface area (Å²) < 4.78 is 13.8. The molecule has 1 aromatic carbocycles. The summed E-state index contributed by atoms with van der Waals surface area (Å²) in [5, 5.41) is 15.6. The van der Waals surface area contributed by atoms with Gasteiger partial charge in [0.25, 0.3) is 0 Å². The summed E-state index contributed by atoms with van der Waals surface area (Å²) in [5.41, 5.74) is 0.911. The Bertz CT molecular complexity index is 364. The third-order valence-corrected chi connectivity index (χ3v) is 2.55. The molecule has 0 aromatic heterocycles. The fraction of sp³-hybridized carbons (Fsp3) is 0.500. The smallest absolute Gasteiger partial charge is 0.307 e. The van der Waals surface area contributed by atoms with Crippen molar-refractivity contribution in [2.45, 2.75) is 39.0 Å². The average Bonchev–Trinajstić information content (AvgIpc) is 2.36. The second-order valence-corrected chi connectivity index (χ2v) is 3.92. The molecule has 0 amide bonds. The Morgan fingerprint density at radius 3 is 2.39 bits per heavy atom. The molecule has 0 aliphatic carbocycles. The number of carbonyl (C=O) groups is 1. The molecule has 3 nitrogen and oxygen atoms in total. The zero-order valence-electron chi connectivity index (χ0n) is 10.9. The lowest BCUT2D eigenvalue weighted by Gasteiger charge is -2.06. The fourth-order valence-corrected chi connectivity index (χ4v) is 1.69. The third kappa shape index (κ3) is 5.77. The molecule has 0 heterocycles. The Morgan fingerprint density at radius 1 is 1.22 bits per heavy atom. The molecule has 0 atom stereocenters. The summed E-state index contributed by atoms with van der Waals surface area (Å²) in [6.07, 6.45) is 3.56. The number of aryl methyl sites for hydroxylation is 1. The molecule has 0 spiro atoms. The van der Waals surface area contributed by atoms with Crippen LogP contribution in [0.1, 0.15) is 37.3 Å². The van der Waals surface area contributed by atoms with Crippen LogP contribution in [0.2, 0.25) is 0 Å². The predicted octanol–water partition coefficient (Wildman–Crippen LogP) is 2.79. The largest absolute Gasteiger partial charge is 0.481 e. The van der Waals surface area contributed by atoms with E-state index in [1.54, 1.807) is 12.1 Å². The Labute approximate surface area is 107 Å². The number of carboxylic acid groups (broad SMARTS) is 1. The maximum Gasteiger partial charge on any atom is 0.307 e. The first-order valence-corrected chi connectivity index (χ1v) is 6.08. The maximum atomic E-state index is 13.8. The Morgan fingerprint density at radius 2 is 1.83 bits per heavy atom. The van der Waals surface area contributed by atoms with Gasteiger partial charge in [0.15, 0.2) is 0 Å². The van der Waals surface area contributed by atoms with E-state index in [1.807, 2.05) is 0 Å². The highest BCUT2D eigenvalue weighted by Crippen LogP contribution is 2.16. The first-order chi connectivity index (χ1) is 8.65. The van der Waals surface area contributed by atoms with Gasteiger partial charge in [-0.3, -0.25) is 4.79 Å². The normalized spacial score (nSPS) is 9.56. The molecule has 18 heavy (non-hydrogen) atoms. The quantitative estimate of drug-likeness (QED) is 0.769. The van der Waals surface area contributed by atoms with E-state index in [4.69, 9.17) is 10.2 Å². The van der Waals surface area contributed by atoms with Crippen LogP contribution in [0.3, 0.4) is 0 Å². The van der Waals surface area contributed by atoms with Crippen molar-refractivity contribution in [3.63, 3.8) is 0 Å². The molecule has 0 unspecified atom stereocenters. The zero-order chi connectivity index (χ0) is 14.0. The van der Waals surface area contributed by atoms with E-state index in [0.717, 1.165) is 26.4 Å². The first-order valence-electron chi connectivity index (χ1n) is 6.08. The van der Waals surface area contributed by atoms with Crippen LogP contribution in [0.5, 0.6) is 0 Å². The molecule has 1 rings (SSSR count). The van der Waals surface area contributed by atoms with Crippen molar-refractivity contribution in [3.8, 4) is 0 Å². The summed E-state index contributed by atoms with van der Waals surface area (Å²) in [6, 6.07) is 4.99. The van der Waals surface area contributed by atoms with Gasteiger partial charge in [-0.15, -0.1) is 0 Å². The van der Waals surface area contributed by atoms with Crippen LogP contribution >= 0.6 is 0 Å². The van der Waals surface area contributed by atoms with Crippen LogP contribution in [0.15, 0.2) is 18.2 Å². The van der Waals surface area contributed by atoms with Crippen LogP contribution < -0.4 is 0 Å². The minimum Gasteiger partial charge on any atom is -0.481 e. The van der Waals surface area contributed by atoms with E-state index >= 15 is 0 Å². The Kier molecular flexibility index (Phi) is 8.84. The molecule has 0 aliphatic heterocycles. The molecule has 0 radical (unpaired) electrons.